The number of nitrogens with one attached hydrogen (secondary N) is 1. The molecule has 0 unspecified atom stereocenters. The van der Waals surface area contributed by atoms with Crippen molar-refractivity contribution in [2.24, 2.45) is 0 Å². The van der Waals surface area contributed by atoms with Crippen LogP contribution in [0.15, 0.2) is 42.5 Å². The molecule has 1 aliphatic heterocycles. The number of aryl methyl sites for hydroxylation is 1. The van der Waals surface area contributed by atoms with Crippen LogP contribution in [0.4, 0.5) is 14.5 Å². The zero-order chi connectivity index (χ0) is 19.0. The van der Waals surface area contributed by atoms with Gasteiger partial charge in [0.1, 0.15) is 11.6 Å². The number of aliphatic hydroxyl groups is 1. The molecule has 3 aromatic rings. The summed E-state index contributed by atoms with van der Waals surface area (Å²) >= 11 is 0. The lowest BCUT2D eigenvalue weighted by Crippen LogP contribution is -2.47. The number of benzene rings is 2. The monoisotopic (exact) mass is 371 g/mol. The first-order valence-electron chi connectivity index (χ1n) is 9.20. The van der Waals surface area contributed by atoms with Crippen LogP contribution in [0, 0.1) is 18.6 Å². The van der Waals surface area contributed by atoms with Crippen molar-refractivity contribution in [3.8, 4) is 0 Å². The number of hydrogen-bond acceptors (Lipinski definition) is 3. The van der Waals surface area contributed by atoms with Crippen molar-refractivity contribution in [1.82, 2.24) is 9.88 Å². The maximum absolute atomic E-state index is 14.0. The molecule has 0 radical (unpaired) electrons. The summed E-state index contributed by atoms with van der Waals surface area (Å²) in [6.45, 7) is 5.24. The van der Waals surface area contributed by atoms with Gasteiger partial charge in [0.15, 0.2) is 0 Å². The molecule has 1 aromatic heterocycles. The van der Waals surface area contributed by atoms with Gasteiger partial charge in [0.2, 0.25) is 0 Å². The average molecular weight is 371 g/mol. The molecule has 1 fully saturated rings. The third-order valence-electron chi connectivity index (χ3n) is 5.33. The van der Waals surface area contributed by atoms with Crippen LogP contribution >= 0.6 is 0 Å². The van der Waals surface area contributed by atoms with Crippen LogP contribution in [0.3, 0.4) is 0 Å². The molecule has 4 rings (SSSR count). The van der Waals surface area contributed by atoms with Gasteiger partial charge in [-0.15, -0.1) is 0 Å². The highest BCUT2D eigenvalue weighted by molar-refractivity contribution is 5.85. The topological polar surface area (TPSA) is 42.5 Å². The van der Waals surface area contributed by atoms with E-state index < -0.39 is 6.10 Å². The van der Waals surface area contributed by atoms with E-state index in [1.807, 2.05) is 17.9 Å². The summed E-state index contributed by atoms with van der Waals surface area (Å²) in [6, 6.07) is 11.4. The van der Waals surface area contributed by atoms with Gasteiger partial charge in [-0.1, -0.05) is 12.1 Å². The first-order chi connectivity index (χ1) is 13.0. The van der Waals surface area contributed by atoms with Gasteiger partial charge in [0, 0.05) is 54.9 Å². The van der Waals surface area contributed by atoms with Crippen LogP contribution < -0.4 is 4.90 Å². The number of rotatable bonds is 4. The molecule has 142 valence electrons. The van der Waals surface area contributed by atoms with Crippen LogP contribution in [0.2, 0.25) is 0 Å². The standard InChI is InChI=1S/C21H23F2N3O/c1-14-21(16-12-15(22)6-7-18(16)24-14)20(27)13-25-8-10-26(11-9-25)19-5-3-2-4-17(19)23/h2-7,12,20,24,27H,8-11,13H2,1H3/t20-/m0/s1. The number of hydrogen-bond donors (Lipinski definition) is 2. The fourth-order valence-electron chi connectivity index (χ4n) is 3.96. The molecule has 2 heterocycles. The van der Waals surface area contributed by atoms with Gasteiger partial charge in [-0.3, -0.25) is 4.90 Å². The molecule has 4 nitrogen and oxygen atoms in total. The molecular formula is C21H23F2N3O. The Bertz CT molecular complexity index is 948. The zero-order valence-electron chi connectivity index (χ0n) is 15.3. The Hall–Kier alpha value is -2.44. The van der Waals surface area contributed by atoms with E-state index in [1.54, 1.807) is 18.2 Å². The number of H-pyrrole nitrogens is 1. The zero-order valence-corrected chi connectivity index (χ0v) is 15.3. The number of halogens is 2. The maximum atomic E-state index is 14.0. The van der Waals surface area contributed by atoms with E-state index in [-0.39, 0.29) is 11.6 Å². The minimum Gasteiger partial charge on any atom is -0.387 e. The minimum absolute atomic E-state index is 0.206. The highest BCUT2D eigenvalue weighted by Gasteiger charge is 2.24. The lowest BCUT2D eigenvalue weighted by molar-refractivity contribution is 0.110. The number of para-hydroxylation sites is 1. The first-order valence-corrected chi connectivity index (χ1v) is 9.20. The number of piperazine rings is 1. The number of aliphatic hydroxyl groups excluding tert-OH is 1. The molecule has 2 aromatic carbocycles. The SMILES string of the molecule is Cc1[nH]c2ccc(F)cc2c1[C@@H](O)CN1CCN(c2ccccc2F)CC1. The summed E-state index contributed by atoms with van der Waals surface area (Å²) < 4.78 is 27.6. The van der Waals surface area contributed by atoms with E-state index in [4.69, 9.17) is 0 Å². The minimum atomic E-state index is -0.708. The lowest BCUT2D eigenvalue weighted by atomic mass is 10.0. The molecule has 0 aliphatic carbocycles. The second-order valence-corrected chi connectivity index (χ2v) is 7.11. The van der Waals surface area contributed by atoms with E-state index in [9.17, 15) is 13.9 Å². The molecule has 6 heteroatoms. The fourth-order valence-corrected chi connectivity index (χ4v) is 3.96. The van der Waals surface area contributed by atoms with E-state index in [2.05, 4.69) is 9.88 Å². The lowest BCUT2D eigenvalue weighted by Gasteiger charge is -2.37. The Morgan fingerprint density at radius 2 is 1.81 bits per heavy atom. The first kappa shape index (κ1) is 17.9. The summed E-state index contributed by atoms with van der Waals surface area (Å²) in [6.07, 6.45) is -0.708. The summed E-state index contributed by atoms with van der Waals surface area (Å²) in [5.41, 5.74) is 3.06. The predicted molar refractivity (Wildman–Crippen MR) is 103 cm³/mol. The Morgan fingerprint density at radius 3 is 2.56 bits per heavy atom. The van der Waals surface area contributed by atoms with Gasteiger partial charge in [0.05, 0.1) is 11.8 Å². The molecule has 1 saturated heterocycles. The Morgan fingerprint density at radius 1 is 1.07 bits per heavy atom. The maximum Gasteiger partial charge on any atom is 0.146 e. The average Bonchev–Trinajstić information content (AvgIpc) is 2.98. The molecule has 0 amide bonds. The molecule has 27 heavy (non-hydrogen) atoms. The van der Waals surface area contributed by atoms with Crippen molar-refractivity contribution < 1.29 is 13.9 Å². The van der Waals surface area contributed by atoms with Crippen LogP contribution in [-0.2, 0) is 0 Å². The van der Waals surface area contributed by atoms with E-state index in [0.29, 0.717) is 25.3 Å². The Kier molecular flexibility index (Phi) is 4.85. The predicted octanol–water partition coefficient (Wildman–Crippen LogP) is 3.61. The number of fused-ring (bicyclic) bond motifs is 1. The smallest absolute Gasteiger partial charge is 0.146 e. The summed E-state index contributed by atoms with van der Waals surface area (Å²) in [5, 5.41) is 11.5. The largest absolute Gasteiger partial charge is 0.387 e. The molecule has 0 bridgehead atoms. The van der Waals surface area contributed by atoms with Crippen LogP contribution in [0.1, 0.15) is 17.4 Å². The number of aromatic nitrogens is 1. The van der Waals surface area contributed by atoms with Crippen molar-refractivity contribution in [2.75, 3.05) is 37.6 Å². The van der Waals surface area contributed by atoms with E-state index >= 15 is 0 Å². The van der Waals surface area contributed by atoms with Gasteiger partial charge in [-0.05, 0) is 37.3 Å². The van der Waals surface area contributed by atoms with Crippen molar-refractivity contribution >= 4 is 16.6 Å². The van der Waals surface area contributed by atoms with Crippen LogP contribution in [-0.4, -0.2) is 47.7 Å². The summed E-state index contributed by atoms with van der Waals surface area (Å²) in [5.74, 6) is -0.518. The third-order valence-corrected chi connectivity index (χ3v) is 5.33. The van der Waals surface area contributed by atoms with Crippen molar-refractivity contribution in [3.63, 3.8) is 0 Å². The van der Waals surface area contributed by atoms with Gasteiger partial charge in [0.25, 0.3) is 0 Å². The van der Waals surface area contributed by atoms with Gasteiger partial charge >= 0.3 is 0 Å². The van der Waals surface area contributed by atoms with Crippen LogP contribution in [0.25, 0.3) is 10.9 Å². The molecule has 2 N–H and O–H groups in total. The second-order valence-electron chi connectivity index (χ2n) is 7.11. The van der Waals surface area contributed by atoms with Gasteiger partial charge in [-0.25, -0.2) is 8.78 Å². The van der Waals surface area contributed by atoms with Crippen molar-refractivity contribution in [2.45, 2.75) is 13.0 Å². The Balaban J connectivity index is 1.44. The highest BCUT2D eigenvalue weighted by atomic mass is 19.1. The van der Waals surface area contributed by atoms with Crippen molar-refractivity contribution in [1.29, 1.82) is 0 Å². The molecule has 0 saturated carbocycles. The number of nitrogens with zero attached hydrogens (tertiary/aromatic N) is 2. The fraction of sp³-hybridized carbons (Fsp3) is 0.333. The van der Waals surface area contributed by atoms with Gasteiger partial charge < -0.3 is 15.0 Å². The van der Waals surface area contributed by atoms with Crippen molar-refractivity contribution in [3.05, 3.63) is 65.4 Å². The van der Waals surface area contributed by atoms with Gasteiger partial charge in [-0.2, -0.15) is 0 Å². The number of aromatic amines is 1. The molecule has 0 spiro atoms. The summed E-state index contributed by atoms with van der Waals surface area (Å²) in [7, 11) is 0. The third kappa shape index (κ3) is 3.55. The highest BCUT2D eigenvalue weighted by Crippen LogP contribution is 2.29. The van der Waals surface area contributed by atoms with Crippen LogP contribution in [0.5, 0.6) is 0 Å². The van der Waals surface area contributed by atoms with E-state index in [1.165, 1.54) is 18.2 Å². The summed E-state index contributed by atoms with van der Waals surface area (Å²) in [4.78, 5) is 7.41. The quantitative estimate of drug-likeness (QED) is 0.736. The second kappa shape index (κ2) is 7.29. The molecule has 1 atom stereocenters. The molecular weight excluding hydrogens is 348 g/mol. The molecule has 1 aliphatic rings. The Labute approximate surface area is 157 Å². The van der Waals surface area contributed by atoms with E-state index in [0.717, 1.165) is 35.2 Å². The normalized spacial score (nSPS) is 16.8. The number of β-amino-alcohol motifs (C(OH)–C–C–N with tert-alkyl or cyclic N) is 1. The number of anilines is 1.